The van der Waals surface area contributed by atoms with Crippen molar-refractivity contribution in [1.82, 2.24) is 14.8 Å². The number of amides is 3. The average molecular weight is 462 g/mol. The van der Waals surface area contributed by atoms with Gasteiger partial charge in [-0.05, 0) is 36.6 Å². The Balaban J connectivity index is 1.46. The van der Waals surface area contributed by atoms with Gasteiger partial charge in [0.1, 0.15) is 11.7 Å². The molecule has 4 aliphatic heterocycles. The van der Waals surface area contributed by atoms with Crippen molar-refractivity contribution in [3.63, 3.8) is 0 Å². The van der Waals surface area contributed by atoms with E-state index in [1.165, 1.54) is 17.2 Å². The van der Waals surface area contributed by atoms with Crippen molar-refractivity contribution in [3.05, 3.63) is 47.4 Å². The van der Waals surface area contributed by atoms with Gasteiger partial charge in [0, 0.05) is 30.8 Å². The third-order valence-corrected chi connectivity index (χ3v) is 6.53. The maximum atomic E-state index is 13.0. The zero-order valence-electron chi connectivity index (χ0n) is 17.0. The fourth-order valence-corrected chi connectivity index (χ4v) is 5.19. The van der Waals surface area contributed by atoms with Crippen LogP contribution >= 0.6 is 0 Å². The van der Waals surface area contributed by atoms with E-state index in [1.54, 1.807) is 18.3 Å². The lowest BCUT2D eigenvalue weighted by atomic mass is 9.79. The molecule has 1 aromatic heterocycles. The lowest BCUT2D eigenvalue weighted by Gasteiger charge is -2.49. The molecule has 4 aliphatic rings. The van der Waals surface area contributed by atoms with Crippen LogP contribution in [0.1, 0.15) is 12.8 Å². The standard InChI is InChI=1S/C21H17F3N4O5/c22-21(23,24)20(33)27-9-12-7-11(15(19(31)32)28-14(12)16(27)18(28)30)6-10-3-5-26(17(10)29)13-2-1-4-25-8-13/h1-2,4,6,8,12,14,16H,3,5,7,9H2,(H,31,32)/b10-6+/t12?,14-,16?/m1/s1. The van der Waals surface area contributed by atoms with Crippen molar-refractivity contribution in [3.8, 4) is 0 Å². The molecule has 3 atom stereocenters. The number of nitrogens with zero attached hydrogens (tertiary/aromatic N) is 4. The first-order valence-electron chi connectivity index (χ1n) is 10.2. The van der Waals surface area contributed by atoms with Gasteiger partial charge in [-0.25, -0.2) is 4.79 Å². The molecule has 5 heterocycles. The van der Waals surface area contributed by atoms with E-state index in [0.29, 0.717) is 29.1 Å². The summed E-state index contributed by atoms with van der Waals surface area (Å²) in [4.78, 5) is 56.3. The normalized spacial score (nSPS) is 27.9. The van der Waals surface area contributed by atoms with Gasteiger partial charge in [0.2, 0.25) is 0 Å². The molecule has 33 heavy (non-hydrogen) atoms. The number of anilines is 1. The van der Waals surface area contributed by atoms with E-state index in [0.717, 1.165) is 4.90 Å². The first kappa shape index (κ1) is 21.2. The fourth-order valence-electron chi connectivity index (χ4n) is 5.19. The Bertz CT molecular complexity index is 1150. The van der Waals surface area contributed by atoms with Crippen LogP contribution < -0.4 is 4.90 Å². The Morgan fingerprint density at radius 3 is 2.64 bits per heavy atom. The molecule has 0 spiro atoms. The largest absolute Gasteiger partial charge is 0.477 e. The summed E-state index contributed by atoms with van der Waals surface area (Å²) in [5.74, 6) is -5.27. The summed E-state index contributed by atoms with van der Waals surface area (Å²) in [5, 5.41) is 9.77. The highest BCUT2D eigenvalue weighted by Gasteiger charge is 2.66. The van der Waals surface area contributed by atoms with E-state index in [4.69, 9.17) is 0 Å². The van der Waals surface area contributed by atoms with Crippen LogP contribution in [0.2, 0.25) is 0 Å². The minimum Gasteiger partial charge on any atom is -0.477 e. The predicted octanol–water partition coefficient (Wildman–Crippen LogP) is 1.09. The number of hydrogen-bond acceptors (Lipinski definition) is 5. The zero-order chi connectivity index (χ0) is 23.7. The summed E-state index contributed by atoms with van der Waals surface area (Å²) < 4.78 is 39.0. The van der Waals surface area contributed by atoms with Gasteiger partial charge in [-0.2, -0.15) is 13.2 Å². The van der Waals surface area contributed by atoms with Crippen LogP contribution in [-0.4, -0.2) is 74.9 Å². The highest BCUT2D eigenvalue weighted by atomic mass is 19.4. The Kier molecular flexibility index (Phi) is 4.59. The molecular weight excluding hydrogens is 445 g/mol. The minimum atomic E-state index is -5.13. The molecule has 3 fully saturated rings. The molecule has 1 aromatic rings. The van der Waals surface area contributed by atoms with Gasteiger partial charge >= 0.3 is 18.1 Å². The quantitative estimate of drug-likeness (QED) is 0.532. The number of aliphatic carboxylic acids is 1. The number of β-lactam (4-membered cyclic amide) rings is 1. The molecule has 2 unspecified atom stereocenters. The van der Waals surface area contributed by atoms with E-state index < -0.39 is 42.0 Å². The highest BCUT2D eigenvalue weighted by molar-refractivity contribution is 6.09. The molecule has 0 aromatic carbocycles. The summed E-state index contributed by atoms with van der Waals surface area (Å²) >= 11 is 0. The van der Waals surface area contributed by atoms with Crippen LogP contribution in [0, 0.1) is 5.92 Å². The Morgan fingerprint density at radius 2 is 2.00 bits per heavy atom. The summed E-state index contributed by atoms with van der Waals surface area (Å²) in [6.45, 7) is 0.0436. The van der Waals surface area contributed by atoms with Crippen molar-refractivity contribution in [2.24, 2.45) is 5.92 Å². The summed E-state index contributed by atoms with van der Waals surface area (Å²) in [5.41, 5.74) is 0.754. The number of carbonyl (C=O) groups is 4. The molecule has 9 nitrogen and oxygen atoms in total. The second-order valence-corrected chi connectivity index (χ2v) is 8.33. The van der Waals surface area contributed by atoms with Crippen molar-refractivity contribution in [1.29, 1.82) is 0 Å². The van der Waals surface area contributed by atoms with E-state index >= 15 is 0 Å². The Morgan fingerprint density at radius 1 is 1.24 bits per heavy atom. The smallest absolute Gasteiger partial charge is 0.471 e. The topological polar surface area (TPSA) is 111 Å². The molecule has 3 amide bonds. The lowest BCUT2D eigenvalue weighted by Crippen LogP contribution is -2.70. The van der Waals surface area contributed by atoms with Crippen LogP contribution in [0.15, 0.2) is 47.4 Å². The van der Waals surface area contributed by atoms with E-state index in [1.807, 2.05) is 0 Å². The van der Waals surface area contributed by atoms with Crippen LogP contribution in [0.25, 0.3) is 0 Å². The Labute approximate surface area is 184 Å². The molecule has 5 rings (SSSR count). The summed E-state index contributed by atoms with van der Waals surface area (Å²) in [6, 6.07) is 1.26. The maximum absolute atomic E-state index is 13.0. The van der Waals surface area contributed by atoms with E-state index in [9.17, 15) is 37.5 Å². The zero-order valence-corrected chi connectivity index (χ0v) is 17.0. The van der Waals surface area contributed by atoms with Gasteiger partial charge < -0.3 is 14.9 Å². The molecule has 12 heteroatoms. The number of carbonyl (C=O) groups excluding carboxylic acids is 3. The van der Waals surface area contributed by atoms with Crippen LogP contribution in [0.4, 0.5) is 18.9 Å². The number of pyridine rings is 1. The number of alkyl halides is 3. The number of aromatic nitrogens is 1. The van der Waals surface area contributed by atoms with Crippen LogP contribution in [0.5, 0.6) is 0 Å². The molecule has 0 radical (unpaired) electrons. The number of likely N-dealkylation sites (tertiary alicyclic amines) is 1. The monoisotopic (exact) mass is 462 g/mol. The third kappa shape index (κ3) is 3.11. The number of carboxylic acid groups (broad SMARTS) is 1. The van der Waals surface area contributed by atoms with Gasteiger partial charge in [-0.3, -0.25) is 24.3 Å². The summed E-state index contributed by atoms with van der Waals surface area (Å²) in [7, 11) is 0. The molecule has 0 aliphatic carbocycles. The average Bonchev–Trinajstić information content (AvgIpc) is 3.31. The van der Waals surface area contributed by atoms with Crippen LogP contribution in [0.3, 0.4) is 0 Å². The van der Waals surface area contributed by atoms with Crippen molar-refractivity contribution in [2.75, 3.05) is 18.0 Å². The number of carboxylic acids is 1. The fraction of sp³-hybridized carbons (Fsp3) is 0.381. The second kappa shape index (κ2) is 7.15. The highest BCUT2D eigenvalue weighted by Crippen LogP contribution is 2.48. The molecular formula is C21H17F3N4O5. The molecule has 0 bridgehead atoms. The van der Waals surface area contributed by atoms with Gasteiger partial charge in [-0.1, -0.05) is 0 Å². The van der Waals surface area contributed by atoms with E-state index in [2.05, 4.69) is 4.98 Å². The number of hydrogen-bond donors (Lipinski definition) is 1. The lowest BCUT2D eigenvalue weighted by molar-refractivity contribution is -0.190. The summed E-state index contributed by atoms with van der Waals surface area (Å²) in [6.07, 6.45) is -0.251. The number of halogens is 3. The molecule has 1 N–H and O–H groups in total. The second-order valence-electron chi connectivity index (χ2n) is 8.33. The van der Waals surface area contributed by atoms with Crippen molar-refractivity contribution < 1.29 is 37.5 Å². The van der Waals surface area contributed by atoms with Gasteiger partial charge in [0.15, 0.2) is 0 Å². The predicted molar refractivity (Wildman–Crippen MR) is 104 cm³/mol. The SMILES string of the molecule is O=C(O)C1=C(/C=C2\CCN(c3cccnc3)C2=O)CC2CN(C(=O)C(F)(F)F)C3C(=O)N1[C@H]23. The first-order valence-corrected chi connectivity index (χ1v) is 10.2. The Hall–Kier alpha value is -3.70. The minimum absolute atomic E-state index is 0.0396. The third-order valence-electron chi connectivity index (χ3n) is 6.53. The van der Waals surface area contributed by atoms with Gasteiger partial charge in [0.25, 0.3) is 11.8 Å². The van der Waals surface area contributed by atoms with Gasteiger partial charge in [-0.15, -0.1) is 0 Å². The number of rotatable bonds is 3. The van der Waals surface area contributed by atoms with E-state index in [-0.39, 0.29) is 30.1 Å². The molecule has 3 saturated heterocycles. The molecule has 0 saturated carbocycles. The number of allylic oxidation sites excluding steroid dienone is 2. The van der Waals surface area contributed by atoms with Gasteiger partial charge in [0.05, 0.1) is 17.9 Å². The van der Waals surface area contributed by atoms with Crippen molar-refractivity contribution in [2.45, 2.75) is 31.1 Å². The first-order chi connectivity index (χ1) is 15.6. The van der Waals surface area contributed by atoms with Crippen LogP contribution in [-0.2, 0) is 19.2 Å². The maximum Gasteiger partial charge on any atom is 0.471 e. The molecule has 172 valence electrons. The van der Waals surface area contributed by atoms with Crippen molar-refractivity contribution >= 4 is 29.4 Å².